The Kier molecular flexibility index (Phi) is 2.49. The second-order valence-corrected chi connectivity index (χ2v) is 4.16. The average molecular weight is 240 g/mol. The van der Waals surface area contributed by atoms with Gasteiger partial charge in [0, 0.05) is 6.20 Å². The molecule has 3 rings (SSSR count). The third-order valence-electron chi connectivity index (χ3n) is 2.70. The molecule has 1 atom stereocenters. The smallest absolute Gasteiger partial charge is 0.238 e. The summed E-state index contributed by atoms with van der Waals surface area (Å²) in [4.78, 5) is 4.39. The van der Waals surface area contributed by atoms with Crippen molar-refractivity contribution in [1.82, 2.24) is 5.01 Å². The van der Waals surface area contributed by atoms with E-state index in [0.717, 1.165) is 11.3 Å². The lowest BCUT2D eigenvalue weighted by Crippen LogP contribution is -2.38. The Morgan fingerprint density at radius 2 is 1.94 bits per heavy atom. The zero-order valence-corrected chi connectivity index (χ0v) is 9.84. The molecule has 2 heterocycles. The summed E-state index contributed by atoms with van der Waals surface area (Å²) in [5.74, 6) is 0. The van der Waals surface area contributed by atoms with E-state index in [0.29, 0.717) is 5.17 Å². The second kappa shape index (κ2) is 4.14. The van der Waals surface area contributed by atoms with Crippen molar-refractivity contribution in [2.75, 3.05) is 0 Å². The minimum Gasteiger partial charge on any atom is -0.257 e. The Hall–Kier alpha value is -1.94. The number of benzene rings is 1. The first kappa shape index (κ1) is 10.2. The molecule has 3 nitrogen and oxygen atoms in total. The van der Waals surface area contributed by atoms with Gasteiger partial charge in [-0.3, -0.25) is 5.01 Å². The molecule has 1 aromatic carbocycles. The highest BCUT2D eigenvalue weighted by Crippen LogP contribution is 2.20. The summed E-state index contributed by atoms with van der Waals surface area (Å²) in [6.07, 6.45) is 7.92. The molecular weight excluding hydrogens is 230 g/mol. The van der Waals surface area contributed by atoms with Gasteiger partial charge in [-0.2, -0.15) is 0 Å². The van der Waals surface area contributed by atoms with Crippen molar-refractivity contribution < 1.29 is 0 Å². The Bertz CT molecular complexity index is 543. The molecule has 1 unspecified atom stereocenters. The normalized spacial score (nSPS) is 21.9. The van der Waals surface area contributed by atoms with E-state index in [4.69, 9.17) is 12.6 Å². The zero-order valence-electron chi connectivity index (χ0n) is 9.02. The van der Waals surface area contributed by atoms with Crippen LogP contribution in [0, 0.1) is 0 Å². The Labute approximate surface area is 105 Å². The molecule has 1 radical (unpaired) electrons. The Balaban J connectivity index is 2.06. The molecule has 0 saturated carbocycles. The van der Waals surface area contributed by atoms with Gasteiger partial charge in [-0.1, -0.05) is 42.5 Å². The molecule has 1 aromatic rings. The number of allylic oxidation sites excluding steroid dienone is 2. The number of nitrogens with zero attached hydrogens (tertiary/aromatic N) is 3. The largest absolute Gasteiger partial charge is 0.257 e. The highest BCUT2D eigenvalue weighted by atomic mass is 32.1. The molecule has 0 amide bonds. The van der Waals surface area contributed by atoms with Gasteiger partial charge < -0.3 is 0 Å². The lowest BCUT2D eigenvalue weighted by Gasteiger charge is -2.29. The van der Waals surface area contributed by atoms with Crippen LogP contribution in [0.5, 0.6) is 0 Å². The van der Waals surface area contributed by atoms with Gasteiger partial charge in [0.15, 0.2) is 0 Å². The number of fused-ring (bicyclic) bond motifs is 1. The maximum absolute atomic E-state index is 5.10. The molecule has 0 bridgehead atoms. The fourth-order valence-electron chi connectivity index (χ4n) is 1.93. The van der Waals surface area contributed by atoms with Gasteiger partial charge in [-0.15, -0.1) is 5.10 Å². The predicted octanol–water partition coefficient (Wildman–Crippen LogP) is 2.71. The molecule has 2 aliphatic heterocycles. The number of rotatable bonds is 1. The van der Waals surface area contributed by atoms with Crippen LogP contribution < -0.4 is 0 Å². The van der Waals surface area contributed by atoms with Gasteiger partial charge in [0.1, 0.15) is 6.04 Å². The molecule has 0 fully saturated rings. The topological polar surface area (TPSA) is 28.0 Å². The molecular formula is C13H10N3S. The highest BCUT2D eigenvalue weighted by Gasteiger charge is 2.25. The molecule has 0 saturated heterocycles. The van der Waals surface area contributed by atoms with Gasteiger partial charge in [0.2, 0.25) is 5.17 Å². The van der Waals surface area contributed by atoms with Crippen LogP contribution in [0.25, 0.3) is 0 Å². The summed E-state index contributed by atoms with van der Waals surface area (Å²) in [6.45, 7) is 0. The van der Waals surface area contributed by atoms with E-state index in [1.54, 1.807) is 0 Å². The van der Waals surface area contributed by atoms with Crippen LogP contribution in [0.2, 0.25) is 0 Å². The molecule has 2 aliphatic rings. The number of aliphatic imine (C=N–C) groups is 1. The van der Waals surface area contributed by atoms with Gasteiger partial charge >= 0.3 is 0 Å². The molecule has 17 heavy (non-hydrogen) atoms. The van der Waals surface area contributed by atoms with E-state index in [9.17, 15) is 0 Å². The quantitative estimate of drug-likeness (QED) is 0.741. The minimum absolute atomic E-state index is 0.0501. The summed E-state index contributed by atoms with van der Waals surface area (Å²) in [5.41, 5.74) is 2.03. The van der Waals surface area contributed by atoms with Gasteiger partial charge in [-0.25, -0.2) is 4.99 Å². The summed E-state index contributed by atoms with van der Waals surface area (Å²) >= 11 is 5.10. The Morgan fingerprint density at radius 3 is 2.76 bits per heavy atom. The monoisotopic (exact) mass is 240 g/mol. The molecule has 4 heteroatoms. The lowest BCUT2D eigenvalue weighted by atomic mass is 10.0. The van der Waals surface area contributed by atoms with Crippen LogP contribution >= 0.6 is 12.6 Å². The maximum Gasteiger partial charge on any atom is 0.238 e. The summed E-state index contributed by atoms with van der Waals surface area (Å²) < 4.78 is 0. The van der Waals surface area contributed by atoms with E-state index >= 15 is 0 Å². The van der Waals surface area contributed by atoms with E-state index in [2.05, 4.69) is 16.2 Å². The Morgan fingerprint density at radius 1 is 1.12 bits per heavy atom. The zero-order chi connectivity index (χ0) is 11.7. The van der Waals surface area contributed by atoms with Crippen molar-refractivity contribution in [2.24, 2.45) is 10.1 Å². The molecule has 0 aliphatic carbocycles. The number of amidine groups is 1. The highest BCUT2D eigenvalue weighted by molar-refractivity contribution is 7.96. The van der Waals surface area contributed by atoms with Crippen molar-refractivity contribution in [3.05, 3.63) is 60.3 Å². The average Bonchev–Trinajstić information content (AvgIpc) is 2.39. The fraction of sp³-hybridized carbons (Fsp3) is 0.0769. The number of hydrogen-bond acceptors (Lipinski definition) is 3. The first-order valence-electron chi connectivity index (χ1n) is 5.37. The van der Waals surface area contributed by atoms with E-state index in [-0.39, 0.29) is 6.04 Å². The maximum atomic E-state index is 5.10. The molecule has 0 spiro atoms. The molecule has 83 valence electrons. The van der Waals surface area contributed by atoms with E-state index in [1.807, 2.05) is 53.7 Å². The van der Waals surface area contributed by atoms with Crippen LogP contribution in [0.4, 0.5) is 0 Å². The molecule has 0 aromatic heterocycles. The van der Waals surface area contributed by atoms with Crippen molar-refractivity contribution in [3.8, 4) is 0 Å². The SMILES string of the molecule is [S]C1=NN2C=CC=CC2C(c2ccccc2)=N1. The third kappa shape index (κ3) is 1.87. The summed E-state index contributed by atoms with van der Waals surface area (Å²) in [5, 5.41) is 6.44. The lowest BCUT2D eigenvalue weighted by molar-refractivity contribution is 0.390. The van der Waals surface area contributed by atoms with E-state index in [1.165, 1.54) is 0 Å². The van der Waals surface area contributed by atoms with Crippen molar-refractivity contribution in [3.63, 3.8) is 0 Å². The van der Waals surface area contributed by atoms with Crippen molar-refractivity contribution in [2.45, 2.75) is 6.04 Å². The van der Waals surface area contributed by atoms with E-state index < -0.39 is 0 Å². The van der Waals surface area contributed by atoms with Crippen LogP contribution in [0.1, 0.15) is 5.56 Å². The number of hydrazone groups is 1. The molecule has 0 N–H and O–H groups in total. The third-order valence-corrected chi connectivity index (χ3v) is 2.87. The van der Waals surface area contributed by atoms with Crippen molar-refractivity contribution in [1.29, 1.82) is 0 Å². The van der Waals surface area contributed by atoms with Gasteiger partial charge in [-0.05, 0) is 24.3 Å². The van der Waals surface area contributed by atoms with Gasteiger partial charge in [0.05, 0.1) is 5.71 Å². The van der Waals surface area contributed by atoms with Crippen LogP contribution in [0.15, 0.2) is 64.9 Å². The first-order chi connectivity index (χ1) is 8.34. The van der Waals surface area contributed by atoms with Crippen LogP contribution in [-0.4, -0.2) is 21.9 Å². The minimum atomic E-state index is 0.0501. The van der Waals surface area contributed by atoms with Crippen molar-refractivity contribution >= 4 is 23.5 Å². The summed E-state index contributed by atoms with van der Waals surface area (Å²) in [7, 11) is 0. The van der Waals surface area contributed by atoms with Gasteiger partial charge in [0.25, 0.3) is 0 Å². The predicted molar refractivity (Wildman–Crippen MR) is 71.9 cm³/mol. The standard InChI is InChI=1S/C13H10N3S/c17-13-14-12(10-6-2-1-3-7-10)11-8-4-5-9-16(11)15-13/h1-9,11H. The van der Waals surface area contributed by atoms with Crippen LogP contribution in [-0.2, 0) is 0 Å². The number of hydrogen-bond donors (Lipinski definition) is 0. The van der Waals surface area contributed by atoms with Crippen LogP contribution in [0.3, 0.4) is 0 Å². The second-order valence-electron chi connectivity index (χ2n) is 3.80. The first-order valence-corrected chi connectivity index (χ1v) is 5.78. The fourth-order valence-corrected chi connectivity index (χ4v) is 2.13. The summed E-state index contributed by atoms with van der Waals surface area (Å²) in [6, 6.07) is 10.1.